The molecule has 0 fully saturated rings. The maximum atomic E-state index is 12.9. The van der Waals surface area contributed by atoms with Crippen molar-refractivity contribution in [3.63, 3.8) is 0 Å². The fraction of sp³-hybridized carbons (Fsp3) is 0.720. The summed E-state index contributed by atoms with van der Waals surface area (Å²) < 4.78 is 16.9. The highest BCUT2D eigenvalue weighted by molar-refractivity contribution is 5.71. The summed E-state index contributed by atoms with van der Waals surface area (Å²) >= 11 is 0. The van der Waals surface area contributed by atoms with E-state index in [2.05, 4.69) is 130 Å². The minimum absolute atomic E-state index is 0.0880. The first-order valence-electron chi connectivity index (χ1n) is 34.4. The number of carbonyl (C=O) groups is 3. The van der Waals surface area contributed by atoms with Gasteiger partial charge in [-0.25, -0.2) is 0 Å². The number of rotatable bonds is 62. The number of hydrogen-bond acceptors (Lipinski definition) is 6. The van der Waals surface area contributed by atoms with Gasteiger partial charge in [0.1, 0.15) is 13.2 Å². The van der Waals surface area contributed by atoms with E-state index in [1.54, 1.807) is 0 Å². The van der Waals surface area contributed by atoms with Crippen LogP contribution in [0, 0.1) is 0 Å². The number of unbranched alkanes of at least 4 members (excludes halogenated alkanes) is 33. The molecule has 0 aromatic rings. The predicted molar refractivity (Wildman–Crippen MR) is 353 cm³/mol. The molecular weight excluding hydrogens is 997 g/mol. The molecule has 0 aliphatic carbocycles. The maximum absolute atomic E-state index is 12.9. The third-order valence-corrected chi connectivity index (χ3v) is 14.8. The van der Waals surface area contributed by atoms with Crippen molar-refractivity contribution in [2.24, 2.45) is 0 Å². The number of carbonyl (C=O) groups excluding carboxylic acids is 3. The maximum Gasteiger partial charge on any atom is 0.306 e. The van der Waals surface area contributed by atoms with Crippen molar-refractivity contribution in [2.45, 2.75) is 335 Å². The van der Waals surface area contributed by atoms with E-state index in [1.807, 2.05) is 0 Å². The van der Waals surface area contributed by atoms with Crippen molar-refractivity contribution in [1.29, 1.82) is 0 Å². The first-order valence-corrected chi connectivity index (χ1v) is 34.4. The third-order valence-electron chi connectivity index (χ3n) is 14.8. The Bertz CT molecular complexity index is 1620. The minimum Gasteiger partial charge on any atom is -0.462 e. The number of hydrogen-bond donors (Lipinski definition) is 0. The van der Waals surface area contributed by atoms with Gasteiger partial charge in [-0.1, -0.05) is 316 Å². The molecule has 0 aromatic carbocycles. The Morgan fingerprint density at radius 1 is 0.259 bits per heavy atom. The van der Waals surface area contributed by atoms with Crippen LogP contribution in [-0.2, 0) is 28.6 Å². The molecule has 464 valence electrons. The molecule has 0 aromatic heterocycles. The van der Waals surface area contributed by atoms with Gasteiger partial charge in [-0.05, 0) is 103 Å². The minimum atomic E-state index is -0.796. The third kappa shape index (κ3) is 66.8. The fourth-order valence-corrected chi connectivity index (χ4v) is 9.70. The monoisotopic (exact) mass is 1120 g/mol. The molecule has 0 amide bonds. The lowest BCUT2D eigenvalue weighted by Crippen LogP contribution is -2.30. The number of ether oxygens (including phenoxy) is 3. The highest BCUT2D eigenvalue weighted by Gasteiger charge is 2.19. The SMILES string of the molecule is CC/C=C\C/C=C\C/C=C\C/C=C\C/C=C\CCCCCC(=O)OC(COC(=O)CCCCCCCCCCCCCCCCC)COC(=O)CCCCCCCCCCCCCCCCCC/C=C\C/C=C\C/C=C\C/C=C\CC. The molecule has 6 nitrogen and oxygen atoms in total. The Morgan fingerprint density at radius 3 is 0.765 bits per heavy atom. The molecule has 6 heteroatoms. The Morgan fingerprint density at radius 2 is 0.481 bits per heavy atom. The summed E-state index contributed by atoms with van der Waals surface area (Å²) in [6.07, 6.45) is 94.0. The van der Waals surface area contributed by atoms with Crippen molar-refractivity contribution in [1.82, 2.24) is 0 Å². The standard InChI is InChI=1S/C75H128O6/c1-4-7-10-13-16-19-22-25-28-30-32-33-34-35-36-37-38-39-40-41-43-44-47-50-53-56-59-62-65-68-74(77)80-71-72(70-79-73(76)67-64-61-58-55-52-49-46-27-24-21-18-15-12-9-6-3)81-75(78)69-66-63-60-57-54-51-48-45-42-31-29-26-23-20-17-14-11-8-5-2/h7-8,10-11,16-17,19-20,25-26,28-29,32-33,42,45,51,54,72H,4-6,9,12-15,18,21-24,27,30-31,34-41,43-44,46-50,52-53,55-71H2,1-3H3/b10-7-,11-8-,19-16-,20-17-,28-25-,29-26-,33-32-,45-42-,54-51-. The van der Waals surface area contributed by atoms with Crippen molar-refractivity contribution in [2.75, 3.05) is 13.2 Å². The van der Waals surface area contributed by atoms with Crippen LogP contribution in [0.3, 0.4) is 0 Å². The van der Waals surface area contributed by atoms with Crippen LogP contribution in [0.1, 0.15) is 329 Å². The van der Waals surface area contributed by atoms with Crippen molar-refractivity contribution in [3.8, 4) is 0 Å². The topological polar surface area (TPSA) is 78.9 Å². The number of allylic oxidation sites excluding steroid dienone is 18. The van der Waals surface area contributed by atoms with Gasteiger partial charge in [0.05, 0.1) is 0 Å². The molecule has 0 rings (SSSR count). The Labute approximate surface area is 501 Å². The Balaban J connectivity index is 4.31. The van der Waals surface area contributed by atoms with Crippen molar-refractivity contribution >= 4 is 17.9 Å². The lowest BCUT2D eigenvalue weighted by atomic mass is 10.0. The molecule has 0 saturated heterocycles. The summed E-state index contributed by atoms with van der Waals surface area (Å²) in [7, 11) is 0. The zero-order chi connectivity index (χ0) is 58.5. The first-order chi connectivity index (χ1) is 40.0. The molecule has 0 spiro atoms. The lowest BCUT2D eigenvalue weighted by molar-refractivity contribution is -0.167. The van der Waals surface area contributed by atoms with E-state index in [-0.39, 0.29) is 31.1 Å². The van der Waals surface area contributed by atoms with E-state index in [9.17, 15) is 14.4 Å². The fourth-order valence-electron chi connectivity index (χ4n) is 9.70. The van der Waals surface area contributed by atoms with Crippen LogP contribution in [0.4, 0.5) is 0 Å². The van der Waals surface area contributed by atoms with Gasteiger partial charge in [0, 0.05) is 19.3 Å². The molecule has 0 bridgehead atoms. The molecule has 1 atom stereocenters. The quantitative estimate of drug-likeness (QED) is 0.0261. The normalized spacial score (nSPS) is 12.8. The molecule has 0 radical (unpaired) electrons. The second-order valence-electron chi connectivity index (χ2n) is 22.7. The van der Waals surface area contributed by atoms with Crippen LogP contribution in [0.2, 0.25) is 0 Å². The molecule has 0 aliphatic heterocycles. The molecule has 1 unspecified atom stereocenters. The molecule has 0 N–H and O–H groups in total. The van der Waals surface area contributed by atoms with Gasteiger partial charge in [-0.3, -0.25) is 14.4 Å². The second kappa shape index (κ2) is 68.6. The van der Waals surface area contributed by atoms with Crippen molar-refractivity contribution in [3.05, 3.63) is 109 Å². The van der Waals surface area contributed by atoms with E-state index in [0.29, 0.717) is 19.3 Å². The zero-order valence-electron chi connectivity index (χ0n) is 53.3. The van der Waals surface area contributed by atoms with Gasteiger partial charge >= 0.3 is 17.9 Å². The Kier molecular flexibility index (Phi) is 65.2. The van der Waals surface area contributed by atoms with E-state index >= 15 is 0 Å². The summed E-state index contributed by atoms with van der Waals surface area (Å²) in [5, 5.41) is 0. The summed E-state index contributed by atoms with van der Waals surface area (Å²) in [6, 6.07) is 0. The van der Waals surface area contributed by atoms with Crippen molar-refractivity contribution < 1.29 is 28.6 Å². The molecular formula is C75H128O6. The van der Waals surface area contributed by atoms with Gasteiger partial charge in [-0.15, -0.1) is 0 Å². The predicted octanol–water partition coefficient (Wildman–Crippen LogP) is 23.8. The summed E-state index contributed by atoms with van der Waals surface area (Å²) in [4.78, 5) is 38.4. The lowest BCUT2D eigenvalue weighted by Gasteiger charge is -2.18. The average Bonchev–Trinajstić information content (AvgIpc) is 3.47. The smallest absolute Gasteiger partial charge is 0.306 e. The highest BCUT2D eigenvalue weighted by atomic mass is 16.6. The summed E-state index contributed by atoms with van der Waals surface area (Å²) in [6.45, 7) is 6.43. The molecule has 81 heavy (non-hydrogen) atoms. The second-order valence-corrected chi connectivity index (χ2v) is 22.7. The average molecular weight is 1130 g/mol. The van der Waals surface area contributed by atoms with Gasteiger partial charge in [0.15, 0.2) is 6.10 Å². The van der Waals surface area contributed by atoms with E-state index in [0.717, 1.165) is 122 Å². The van der Waals surface area contributed by atoms with Crippen LogP contribution >= 0.6 is 0 Å². The molecule has 0 heterocycles. The molecule has 0 saturated carbocycles. The van der Waals surface area contributed by atoms with Gasteiger partial charge in [0.2, 0.25) is 0 Å². The van der Waals surface area contributed by atoms with Gasteiger partial charge in [-0.2, -0.15) is 0 Å². The van der Waals surface area contributed by atoms with E-state index in [1.165, 1.54) is 167 Å². The van der Waals surface area contributed by atoms with Gasteiger partial charge < -0.3 is 14.2 Å². The van der Waals surface area contributed by atoms with Crippen LogP contribution in [-0.4, -0.2) is 37.2 Å². The summed E-state index contributed by atoms with van der Waals surface area (Å²) in [5.41, 5.74) is 0. The van der Waals surface area contributed by atoms with Crippen LogP contribution in [0.5, 0.6) is 0 Å². The van der Waals surface area contributed by atoms with E-state index < -0.39 is 6.10 Å². The number of esters is 3. The molecule has 0 aliphatic rings. The zero-order valence-corrected chi connectivity index (χ0v) is 53.3. The first kappa shape index (κ1) is 77.1. The van der Waals surface area contributed by atoms with Crippen LogP contribution < -0.4 is 0 Å². The van der Waals surface area contributed by atoms with Crippen LogP contribution in [0.25, 0.3) is 0 Å². The Hall–Kier alpha value is -3.93. The largest absolute Gasteiger partial charge is 0.462 e. The van der Waals surface area contributed by atoms with Gasteiger partial charge in [0.25, 0.3) is 0 Å². The van der Waals surface area contributed by atoms with E-state index in [4.69, 9.17) is 14.2 Å². The summed E-state index contributed by atoms with van der Waals surface area (Å²) in [5.74, 6) is -0.906. The highest BCUT2D eigenvalue weighted by Crippen LogP contribution is 2.17. The van der Waals surface area contributed by atoms with Crippen LogP contribution in [0.15, 0.2) is 109 Å².